The van der Waals surface area contributed by atoms with Gasteiger partial charge in [0.1, 0.15) is 6.33 Å². The third kappa shape index (κ3) is 3.67. The first-order valence-corrected chi connectivity index (χ1v) is 9.91. The minimum atomic E-state index is -4.68. The zero-order valence-corrected chi connectivity index (χ0v) is 15.0. The fourth-order valence-electron chi connectivity index (χ4n) is 2.69. The fraction of sp³-hybridized carbons (Fsp3) is 0.467. The molecule has 1 saturated carbocycles. The molecule has 1 heterocycles. The molecule has 1 aromatic carbocycles. The van der Waals surface area contributed by atoms with Crippen molar-refractivity contribution in [2.75, 3.05) is 0 Å². The van der Waals surface area contributed by atoms with Crippen molar-refractivity contribution < 1.29 is 21.6 Å². The summed E-state index contributed by atoms with van der Waals surface area (Å²) in [6.45, 7) is 3.66. The smallest absolute Gasteiger partial charge is 0.220 e. The second-order valence-electron chi connectivity index (χ2n) is 6.33. The van der Waals surface area contributed by atoms with Crippen LogP contribution in [-0.2, 0) is 15.2 Å². The highest BCUT2D eigenvalue weighted by atomic mass is 35.7. The summed E-state index contributed by atoms with van der Waals surface area (Å²) in [5.41, 5.74) is 1.55. The maximum Gasteiger partial charge on any atom is 0.453 e. The molecule has 1 aliphatic carbocycles. The lowest BCUT2D eigenvalue weighted by atomic mass is 9.97. The predicted octanol–water partition coefficient (Wildman–Crippen LogP) is 4.21. The molecular weight excluding hydrogens is 379 g/mol. The molecule has 5 nitrogen and oxygen atoms in total. The Morgan fingerprint density at radius 3 is 2.36 bits per heavy atom. The number of halogens is 4. The number of rotatable bonds is 4. The Bertz CT molecular complexity index is 919. The van der Waals surface area contributed by atoms with E-state index >= 15 is 0 Å². The summed E-state index contributed by atoms with van der Waals surface area (Å²) in [5, 5.41) is 3.46. The molecule has 10 heteroatoms. The number of nitrogens with zero attached hydrogens (tertiary/aromatic N) is 3. The van der Waals surface area contributed by atoms with Crippen molar-refractivity contribution in [1.29, 1.82) is 0 Å². The van der Waals surface area contributed by atoms with E-state index in [2.05, 4.69) is 10.1 Å². The van der Waals surface area contributed by atoms with Gasteiger partial charge >= 0.3 is 6.18 Å². The highest BCUT2D eigenvalue weighted by molar-refractivity contribution is 8.13. The SMILES string of the molecule is CC(C)c1cc(C2CC2)c(-n2cnc(C(F)(F)F)n2)cc1S(=O)(=O)Cl. The van der Waals surface area contributed by atoms with E-state index in [1.54, 1.807) is 6.07 Å². The highest BCUT2D eigenvalue weighted by Gasteiger charge is 2.37. The van der Waals surface area contributed by atoms with Crippen molar-refractivity contribution >= 4 is 19.7 Å². The molecule has 3 rings (SSSR count). The third-order valence-corrected chi connectivity index (χ3v) is 5.43. The Morgan fingerprint density at radius 2 is 1.92 bits per heavy atom. The zero-order valence-electron chi connectivity index (χ0n) is 13.4. The van der Waals surface area contributed by atoms with Gasteiger partial charge < -0.3 is 0 Å². The van der Waals surface area contributed by atoms with Crippen LogP contribution in [0, 0.1) is 0 Å². The van der Waals surface area contributed by atoms with Gasteiger partial charge in [-0.15, -0.1) is 5.10 Å². The van der Waals surface area contributed by atoms with E-state index in [-0.39, 0.29) is 22.4 Å². The monoisotopic (exact) mass is 393 g/mol. The fourth-order valence-corrected chi connectivity index (χ4v) is 3.92. The van der Waals surface area contributed by atoms with Crippen LogP contribution in [0.4, 0.5) is 13.2 Å². The molecule has 1 fully saturated rings. The van der Waals surface area contributed by atoms with Crippen LogP contribution in [-0.4, -0.2) is 23.2 Å². The predicted molar refractivity (Wildman–Crippen MR) is 85.5 cm³/mol. The molecule has 1 aromatic heterocycles. The van der Waals surface area contributed by atoms with Crippen LogP contribution in [0.15, 0.2) is 23.4 Å². The van der Waals surface area contributed by atoms with Gasteiger partial charge in [-0.05, 0) is 41.9 Å². The first kappa shape index (κ1) is 18.2. The number of benzene rings is 1. The Balaban J connectivity index is 2.23. The van der Waals surface area contributed by atoms with Gasteiger partial charge in [-0.2, -0.15) is 13.2 Å². The van der Waals surface area contributed by atoms with Crippen LogP contribution in [0.5, 0.6) is 0 Å². The standard InChI is InChI=1S/C15H15ClF3N3O2S/c1-8(2)10-5-11(9-3-4-9)12(6-13(10)25(16,23)24)22-7-20-14(21-22)15(17,18)19/h5-9H,3-4H2,1-2H3. The van der Waals surface area contributed by atoms with Gasteiger partial charge in [0.15, 0.2) is 0 Å². The molecular formula is C15H15ClF3N3O2S. The zero-order chi connectivity index (χ0) is 18.6. The largest absolute Gasteiger partial charge is 0.453 e. The average Bonchev–Trinajstić information content (AvgIpc) is 3.19. The molecule has 0 amide bonds. The molecule has 0 saturated heterocycles. The minimum Gasteiger partial charge on any atom is -0.220 e. The van der Waals surface area contributed by atoms with Gasteiger partial charge in [0.05, 0.1) is 10.6 Å². The van der Waals surface area contributed by atoms with Crippen molar-refractivity contribution in [3.05, 3.63) is 35.4 Å². The first-order valence-electron chi connectivity index (χ1n) is 7.60. The Morgan fingerprint density at radius 1 is 1.28 bits per heavy atom. The lowest BCUT2D eigenvalue weighted by Crippen LogP contribution is -2.10. The molecule has 0 atom stereocenters. The maximum absolute atomic E-state index is 12.8. The maximum atomic E-state index is 12.8. The van der Waals surface area contributed by atoms with E-state index in [4.69, 9.17) is 10.7 Å². The normalized spacial score (nSPS) is 15.8. The topological polar surface area (TPSA) is 64.8 Å². The summed E-state index contributed by atoms with van der Waals surface area (Å²) in [4.78, 5) is 3.16. The summed E-state index contributed by atoms with van der Waals surface area (Å²) in [6, 6.07) is 3.00. The van der Waals surface area contributed by atoms with Gasteiger partial charge in [0, 0.05) is 10.7 Å². The van der Waals surface area contributed by atoms with Crippen molar-refractivity contribution in [1.82, 2.24) is 14.8 Å². The van der Waals surface area contributed by atoms with Crippen LogP contribution in [0.1, 0.15) is 55.5 Å². The average molecular weight is 394 g/mol. The van der Waals surface area contributed by atoms with Gasteiger partial charge in [-0.25, -0.2) is 18.1 Å². The van der Waals surface area contributed by atoms with Crippen molar-refractivity contribution in [2.45, 2.75) is 49.6 Å². The van der Waals surface area contributed by atoms with E-state index in [1.165, 1.54) is 6.07 Å². The van der Waals surface area contributed by atoms with Gasteiger partial charge in [-0.1, -0.05) is 19.9 Å². The van der Waals surface area contributed by atoms with Crippen LogP contribution in [0.25, 0.3) is 5.69 Å². The van der Waals surface area contributed by atoms with Crippen LogP contribution >= 0.6 is 10.7 Å². The number of hydrogen-bond acceptors (Lipinski definition) is 4. The van der Waals surface area contributed by atoms with Gasteiger partial charge in [-0.3, -0.25) is 0 Å². The van der Waals surface area contributed by atoms with Crippen molar-refractivity contribution in [2.24, 2.45) is 0 Å². The van der Waals surface area contributed by atoms with E-state index in [0.29, 0.717) is 5.56 Å². The molecule has 25 heavy (non-hydrogen) atoms. The van der Waals surface area contributed by atoms with Crippen LogP contribution in [0.2, 0.25) is 0 Å². The minimum absolute atomic E-state index is 0.114. The molecule has 2 aromatic rings. The van der Waals surface area contributed by atoms with E-state index in [9.17, 15) is 21.6 Å². The van der Waals surface area contributed by atoms with Crippen LogP contribution in [0.3, 0.4) is 0 Å². The number of hydrogen-bond donors (Lipinski definition) is 0. The van der Waals surface area contributed by atoms with Gasteiger partial charge in [0.2, 0.25) is 0 Å². The third-order valence-electron chi connectivity index (χ3n) is 4.05. The summed E-state index contributed by atoms with van der Waals surface area (Å²) in [7, 11) is 1.48. The molecule has 0 radical (unpaired) electrons. The van der Waals surface area contributed by atoms with Crippen molar-refractivity contribution in [3.8, 4) is 5.69 Å². The summed E-state index contributed by atoms with van der Waals surface area (Å²) < 4.78 is 63.2. The first-order chi connectivity index (χ1) is 11.5. The Hall–Kier alpha value is -1.61. The molecule has 0 aliphatic heterocycles. The molecule has 0 bridgehead atoms. The molecule has 0 unspecified atom stereocenters. The van der Waals surface area contributed by atoms with E-state index < -0.39 is 21.1 Å². The Labute approximate surface area is 147 Å². The van der Waals surface area contributed by atoms with Crippen molar-refractivity contribution in [3.63, 3.8) is 0 Å². The lowest BCUT2D eigenvalue weighted by Gasteiger charge is -2.16. The molecule has 1 aliphatic rings. The number of aromatic nitrogens is 3. The lowest BCUT2D eigenvalue weighted by molar-refractivity contribution is -0.144. The summed E-state index contributed by atoms with van der Waals surface area (Å²) >= 11 is 0. The molecule has 136 valence electrons. The highest BCUT2D eigenvalue weighted by Crippen LogP contribution is 2.45. The molecule has 0 spiro atoms. The second-order valence-corrected chi connectivity index (χ2v) is 8.86. The Kier molecular flexibility index (Phi) is 4.35. The van der Waals surface area contributed by atoms with Gasteiger partial charge in [0.25, 0.3) is 14.9 Å². The summed E-state index contributed by atoms with van der Waals surface area (Å²) in [6.07, 6.45) is -1.97. The summed E-state index contributed by atoms with van der Waals surface area (Å²) in [5.74, 6) is -1.23. The quantitative estimate of drug-likeness (QED) is 0.730. The number of alkyl halides is 3. The second kappa shape index (κ2) is 5.98. The van der Waals surface area contributed by atoms with E-state index in [0.717, 1.165) is 29.4 Å². The van der Waals surface area contributed by atoms with Crippen LogP contribution < -0.4 is 0 Å². The van der Waals surface area contributed by atoms with E-state index in [1.807, 2.05) is 13.8 Å². The molecule has 0 N–H and O–H groups in total.